The van der Waals surface area contributed by atoms with Crippen LogP contribution in [0.25, 0.3) is 10.8 Å². The molecule has 1 nitrogen and oxygen atoms in total. The quantitative estimate of drug-likeness (QED) is 0.529. The Morgan fingerprint density at radius 1 is 0.708 bits per heavy atom. The zero-order chi connectivity index (χ0) is 16.4. The highest BCUT2D eigenvalue weighted by atomic mass is 32.2. The fourth-order valence-corrected chi connectivity index (χ4v) is 5.14. The molecule has 0 atom stereocenters. The summed E-state index contributed by atoms with van der Waals surface area (Å²) >= 11 is 3.90. The zero-order valence-electron chi connectivity index (χ0n) is 13.7. The minimum atomic E-state index is 0.984. The predicted octanol–water partition coefficient (Wildman–Crippen LogP) is 6.03. The van der Waals surface area contributed by atoms with Gasteiger partial charge in [-0.25, -0.2) is 0 Å². The molecule has 0 saturated heterocycles. The molecular weight excluding hydrogens is 332 g/mol. The maximum Gasteiger partial charge on any atom is 0.126 e. The summed E-state index contributed by atoms with van der Waals surface area (Å²) in [5, 5.41) is 2.68. The third-order valence-corrected chi connectivity index (χ3v) is 6.51. The van der Waals surface area contributed by atoms with E-state index in [0.717, 1.165) is 28.8 Å². The summed E-state index contributed by atoms with van der Waals surface area (Å²) in [5.74, 6) is 5.09. The lowest BCUT2D eigenvalue weighted by Gasteiger charge is -2.13. The highest BCUT2D eigenvalue weighted by molar-refractivity contribution is 7.98. The SMILES string of the molecule is COc1c2cccc1CSCc1ccc3cc(ccc3c1)CSC2. The van der Waals surface area contributed by atoms with Gasteiger partial charge in [0.05, 0.1) is 7.11 Å². The second-order valence-electron chi connectivity index (χ2n) is 6.11. The molecule has 0 saturated carbocycles. The Balaban J connectivity index is 1.72. The van der Waals surface area contributed by atoms with Crippen molar-refractivity contribution in [2.24, 2.45) is 0 Å². The molecule has 3 aliphatic heterocycles. The molecule has 6 rings (SSSR count). The number of hydrogen-bond donors (Lipinski definition) is 0. The third kappa shape index (κ3) is 3.28. The lowest BCUT2D eigenvalue weighted by molar-refractivity contribution is 0.408. The first kappa shape index (κ1) is 15.9. The van der Waals surface area contributed by atoms with Gasteiger partial charge in [-0.15, -0.1) is 0 Å². The van der Waals surface area contributed by atoms with Crippen LogP contribution >= 0.6 is 23.5 Å². The first-order valence-corrected chi connectivity index (χ1v) is 10.5. The van der Waals surface area contributed by atoms with E-state index in [0.29, 0.717) is 0 Å². The molecule has 3 aliphatic rings. The van der Waals surface area contributed by atoms with Gasteiger partial charge in [0.1, 0.15) is 5.75 Å². The second kappa shape index (κ2) is 7.12. The van der Waals surface area contributed by atoms with E-state index in [1.165, 1.54) is 33.0 Å². The fraction of sp³-hybridized carbons (Fsp3) is 0.238. The van der Waals surface area contributed by atoms with Crippen molar-refractivity contribution in [1.29, 1.82) is 0 Å². The van der Waals surface area contributed by atoms with E-state index in [9.17, 15) is 0 Å². The van der Waals surface area contributed by atoms with Crippen LogP contribution in [0, 0.1) is 0 Å². The van der Waals surface area contributed by atoms with Crippen molar-refractivity contribution >= 4 is 34.3 Å². The molecule has 3 heteroatoms. The van der Waals surface area contributed by atoms with Gasteiger partial charge in [-0.1, -0.05) is 54.6 Å². The molecule has 122 valence electrons. The van der Waals surface area contributed by atoms with E-state index in [4.69, 9.17) is 4.74 Å². The van der Waals surface area contributed by atoms with Gasteiger partial charge in [-0.2, -0.15) is 23.5 Å². The molecule has 0 fully saturated rings. The molecule has 24 heavy (non-hydrogen) atoms. The van der Waals surface area contributed by atoms with Gasteiger partial charge in [0.2, 0.25) is 0 Å². The molecular formula is C21H20OS2. The topological polar surface area (TPSA) is 9.23 Å². The molecule has 3 heterocycles. The van der Waals surface area contributed by atoms with E-state index >= 15 is 0 Å². The molecule has 0 amide bonds. The molecule has 0 spiro atoms. The summed E-state index contributed by atoms with van der Waals surface area (Å²) in [6.45, 7) is 0. The number of methoxy groups -OCH3 is 1. The van der Waals surface area contributed by atoms with Crippen LogP contribution in [0.3, 0.4) is 0 Å². The van der Waals surface area contributed by atoms with Gasteiger partial charge in [0, 0.05) is 34.1 Å². The van der Waals surface area contributed by atoms with Crippen molar-refractivity contribution in [2.45, 2.75) is 23.0 Å². The van der Waals surface area contributed by atoms with E-state index in [2.05, 4.69) is 54.6 Å². The minimum Gasteiger partial charge on any atom is -0.496 e. The number of rotatable bonds is 1. The largest absolute Gasteiger partial charge is 0.496 e. The third-order valence-electron chi connectivity index (χ3n) is 4.40. The average Bonchev–Trinajstić information content (AvgIpc) is 2.62. The Kier molecular flexibility index (Phi) is 4.72. The van der Waals surface area contributed by atoms with Crippen LogP contribution in [0.1, 0.15) is 22.3 Å². The lowest BCUT2D eigenvalue weighted by atomic mass is 10.1. The zero-order valence-corrected chi connectivity index (χ0v) is 15.4. The molecule has 0 aromatic heterocycles. The normalized spacial score (nSPS) is 14.7. The standard InChI is InChI=1S/C21H20OS2/c1-22-21-19-3-2-4-20(21)14-24-12-16-6-8-17-9-15(11-23-13-19)5-7-18(17)10-16/h2-10H,11-14H2,1H3. The maximum atomic E-state index is 5.73. The molecule has 6 bridgehead atoms. The Bertz CT molecular complexity index is 805. The molecule has 0 aliphatic carbocycles. The van der Waals surface area contributed by atoms with Gasteiger partial charge in [-0.3, -0.25) is 0 Å². The van der Waals surface area contributed by atoms with Crippen LogP contribution in [0.15, 0.2) is 54.6 Å². The number of thioether (sulfide) groups is 2. The Morgan fingerprint density at radius 3 is 1.75 bits per heavy atom. The maximum absolute atomic E-state index is 5.73. The number of ether oxygens (including phenoxy) is 1. The van der Waals surface area contributed by atoms with Crippen molar-refractivity contribution in [3.8, 4) is 5.75 Å². The Labute approximate surface area is 151 Å². The monoisotopic (exact) mass is 352 g/mol. The number of fused-ring (bicyclic) bond motifs is 2. The van der Waals surface area contributed by atoms with Crippen LogP contribution in [-0.2, 0) is 23.0 Å². The molecule has 0 N–H and O–H groups in total. The van der Waals surface area contributed by atoms with Crippen molar-refractivity contribution in [2.75, 3.05) is 7.11 Å². The number of benzene rings is 3. The number of para-hydroxylation sites is 1. The lowest BCUT2D eigenvalue weighted by Crippen LogP contribution is -1.96. The van der Waals surface area contributed by atoms with Crippen LogP contribution in [-0.4, -0.2) is 7.11 Å². The van der Waals surface area contributed by atoms with E-state index in [-0.39, 0.29) is 0 Å². The van der Waals surface area contributed by atoms with Crippen molar-refractivity contribution in [3.63, 3.8) is 0 Å². The highest BCUT2D eigenvalue weighted by Gasteiger charge is 2.10. The molecule has 0 unspecified atom stereocenters. The number of hydrogen-bond acceptors (Lipinski definition) is 3. The van der Waals surface area contributed by atoms with Gasteiger partial charge < -0.3 is 4.74 Å². The Morgan fingerprint density at radius 2 is 1.25 bits per heavy atom. The summed E-state index contributed by atoms with van der Waals surface area (Å²) in [6.07, 6.45) is 0. The summed E-state index contributed by atoms with van der Waals surface area (Å²) < 4.78 is 5.73. The summed E-state index contributed by atoms with van der Waals surface area (Å²) in [4.78, 5) is 0. The van der Waals surface area contributed by atoms with Gasteiger partial charge in [0.15, 0.2) is 0 Å². The predicted molar refractivity (Wildman–Crippen MR) is 107 cm³/mol. The fourth-order valence-electron chi connectivity index (χ4n) is 3.21. The van der Waals surface area contributed by atoms with Crippen molar-refractivity contribution in [3.05, 3.63) is 76.9 Å². The van der Waals surface area contributed by atoms with E-state index < -0.39 is 0 Å². The van der Waals surface area contributed by atoms with Crippen molar-refractivity contribution < 1.29 is 4.74 Å². The van der Waals surface area contributed by atoms with Crippen LogP contribution in [0.4, 0.5) is 0 Å². The van der Waals surface area contributed by atoms with Crippen LogP contribution < -0.4 is 4.74 Å². The smallest absolute Gasteiger partial charge is 0.126 e. The Hall–Kier alpha value is -1.58. The molecule has 3 aromatic carbocycles. The first-order chi connectivity index (χ1) is 11.8. The van der Waals surface area contributed by atoms with Gasteiger partial charge in [0.25, 0.3) is 0 Å². The van der Waals surface area contributed by atoms with Gasteiger partial charge >= 0.3 is 0 Å². The van der Waals surface area contributed by atoms with Crippen molar-refractivity contribution in [1.82, 2.24) is 0 Å². The minimum absolute atomic E-state index is 0.984. The summed E-state index contributed by atoms with van der Waals surface area (Å²) in [7, 11) is 1.79. The van der Waals surface area contributed by atoms with E-state index in [1.54, 1.807) is 7.11 Å². The molecule has 0 radical (unpaired) electrons. The van der Waals surface area contributed by atoms with Crippen LogP contribution in [0.5, 0.6) is 5.75 Å². The highest BCUT2D eigenvalue weighted by Crippen LogP contribution is 2.33. The first-order valence-electron chi connectivity index (χ1n) is 8.15. The van der Waals surface area contributed by atoms with E-state index in [1.807, 2.05) is 23.5 Å². The molecule has 3 aromatic rings. The van der Waals surface area contributed by atoms with Crippen LogP contribution in [0.2, 0.25) is 0 Å². The summed E-state index contributed by atoms with van der Waals surface area (Å²) in [5.41, 5.74) is 5.38. The summed E-state index contributed by atoms with van der Waals surface area (Å²) in [6, 6.07) is 20.3. The van der Waals surface area contributed by atoms with Gasteiger partial charge in [-0.05, 0) is 21.9 Å². The second-order valence-corrected chi connectivity index (χ2v) is 8.08. The average molecular weight is 353 g/mol.